The van der Waals surface area contributed by atoms with Crippen LogP contribution >= 0.6 is 0 Å². The Morgan fingerprint density at radius 2 is 1.50 bits per heavy atom. The number of methoxy groups -OCH3 is 1. The lowest BCUT2D eigenvalue weighted by Gasteiger charge is -2.35. The molecule has 0 aliphatic carbocycles. The van der Waals surface area contributed by atoms with Crippen LogP contribution in [0.1, 0.15) is 23.3 Å². The Labute approximate surface area is 193 Å². The fraction of sp³-hybridized carbons (Fsp3) is 0.250. The van der Waals surface area contributed by atoms with Gasteiger partial charge in [-0.05, 0) is 24.3 Å². The van der Waals surface area contributed by atoms with Gasteiger partial charge in [0.2, 0.25) is 12.0 Å². The first-order chi connectivity index (χ1) is 16.4. The summed E-state index contributed by atoms with van der Waals surface area (Å²) >= 11 is 0. The molecule has 4 atom stereocenters. The molecule has 2 aliphatic rings. The molecule has 0 spiro atoms. The Balaban J connectivity index is 1.46. The molecule has 0 unspecified atom stereocenters. The van der Waals surface area contributed by atoms with Crippen molar-refractivity contribution in [3.63, 3.8) is 0 Å². The number of aromatic hydroxyl groups is 3. The molecule has 0 bridgehead atoms. The monoisotopic (exact) mass is 470 g/mol. The van der Waals surface area contributed by atoms with Crippen molar-refractivity contribution in [3.8, 4) is 46.0 Å². The van der Waals surface area contributed by atoms with Crippen molar-refractivity contribution in [2.45, 2.75) is 24.6 Å². The van der Waals surface area contributed by atoms with Crippen molar-refractivity contribution in [2.24, 2.45) is 0 Å². The molecule has 0 fully saturated rings. The molecule has 5 rings (SSSR count). The lowest BCUT2D eigenvalue weighted by molar-refractivity contribution is -0.117. The zero-order valence-corrected chi connectivity index (χ0v) is 17.9. The van der Waals surface area contributed by atoms with E-state index >= 15 is 0 Å². The van der Waals surface area contributed by atoms with Gasteiger partial charge in [-0.25, -0.2) is 0 Å². The Morgan fingerprint density at radius 3 is 2.26 bits per heavy atom. The van der Waals surface area contributed by atoms with Gasteiger partial charge in [-0.15, -0.1) is 0 Å². The second kappa shape index (κ2) is 8.40. The van der Waals surface area contributed by atoms with E-state index in [0.717, 1.165) is 6.07 Å². The van der Waals surface area contributed by atoms with Gasteiger partial charge in [0.1, 0.15) is 5.75 Å². The van der Waals surface area contributed by atoms with Gasteiger partial charge in [0.25, 0.3) is 0 Å². The molecule has 0 saturated carbocycles. The summed E-state index contributed by atoms with van der Waals surface area (Å²) in [6, 6.07) is 11.9. The van der Waals surface area contributed by atoms with Crippen LogP contribution in [-0.4, -0.2) is 51.6 Å². The molecule has 34 heavy (non-hydrogen) atoms. The number of phenolic OH excluding ortho intramolecular Hbond substituents is 3. The van der Waals surface area contributed by atoms with Gasteiger partial charge in [-0.2, -0.15) is 0 Å². The molecule has 10 heteroatoms. The van der Waals surface area contributed by atoms with E-state index < -0.39 is 24.6 Å². The molecule has 0 amide bonds. The van der Waals surface area contributed by atoms with Crippen LogP contribution in [0.25, 0.3) is 0 Å². The first kappa shape index (κ1) is 21.8. The van der Waals surface area contributed by atoms with Gasteiger partial charge >= 0.3 is 0 Å². The molecular formula is C24H22O10. The number of ether oxygens (including phenoxy) is 5. The van der Waals surface area contributed by atoms with E-state index in [-0.39, 0.29) is 41.1 Å². The molecule has 5 N–H and O–H groups in total. The third-order valence-corrected chi connectivity index (χ3v) is 5.65. The average Bonchev–Trinajstić information content (AvgIpc) is 2.83. The highest BCUT2D eigenvalue weighted by molar-refractivity contribution is 5.56. The number of fused-ring (bicyclic) bond motifs is 2. The normalized spacial score (nSPS) is 22.8. The smallest absolute Gasteiger partial charge is 0.239 e. The maximum atomic E-state index is 10.5. The summed E-state index contributed by atoms with van der Waals surface area (Å²) in [5, 5.41) is 50.0. The van der Waals surface area contributed by atoms with Crippen LogP contribution in [0.5, 0.6) is 46.0 Å². The first-order valence-electron chi connectivity index (χ1n) is 10.4. The molecule has 178 valence electrons. The van der Waals surface area contributed by atoms with Crippen LogP contribution in [0.15, 0.2) is 48.5 Å². The van der Waals surface area contributed by atoms with E-state index in [1.54, 1.807) is 30.3 Å². The Kier molecular flexibility index (Phi) is 5.39. The second-order valence-electron chi connectivity index (χ2n) is 7.85. The molecular weight excluding hydrogens is 448 g/mol. The lowest BCUT2D eigenvalue weighted by Crippen LogP contribution is -2.36. The number of hydrogen-bond donors (Lipinski definition) is 5. The summed E-state index contributed by atoms with van der Waals surface area (Å²) in [5.74, 6) is 0.330. The third kappa shape index (κ3) is 3.72. The third-order valence-electron chi connectivity index (χ3n) is 5.65. The molecule has 2 heterocycles. The minimum absolute atomic E-state index is 0.0352. The number of rotatable bonds is 4. The van der Waals surface area contributed by atoms with Crippen molar-refractivity contribution in [1.82, 2.24) is 0 Å². The van der Waals surface area contributed by atoms with Crippen molar-refractivity contribution < 1.29 is 49.2 Å². The molecule has 3 aromatic carbocycles. The van der Waals surface area contributed by atoms with Crippen molar-refractivity contribution in [2.75, 3.05) is 13.7 Å². The van der Waals surface area contributed by atoms with E-state index in [4.69, 9.17) is 23.7 Å². The standard InChI is InChI=1S/C24H22O10/c1-30-17-6-11(2-4-14(17)27)21-20(10-25)31-16-5-3-12(7-18(16)32-21)22-24(29)34-23-15(28)8-13(26)9-19(23)33-22/h2-9,20-22,24-29H,10H2,1H3/t20-,21-,22+,24-/m1/s1. The summed E-state index contributed by atoms with van der Waals surface area (Å²) in [4.78, 5) is 0. The van der Waals surface area contributed by atoms with Crippen LogP contribution < -0.4 is 23.7 Å². The zero-order valence-electron chi connectivity index (χ0n) is 17.9. The Hall–Kier alpha value is -4.02. The highest BCUT2D eigenvalue weighted by Crippen LogP contribution is 2.48. The van der Waals surface area contributed by atoms with Crippen LogP contribution in [0.3, 0.4) is 0 Å². The van der Waals surface area contributed by atoms with Crippen molar-refractivity contribution in [3.05, 3.63) is 59.7 Å². The number of phenols is 3. The highest BCUT2D eigenvalue weighted by Gasteiger charge is 2.37. The molecule has 10 nitrogen and oxygen atoms in total. The highest BCUT2D eigenvalue weighted by atomic mass is 16.7. The van der Waals surface area contributed by atoms with Gasteiger partial charge in [0.15, 0.2) is 52.8 Å². The van der Waals surface area contributed by atoms with Crippen molar-refractivity contribution in [1.29, 1.82) is 0 Å². The summed E-state index contributed by atoms with van der Waals surface area (Å²) in [6.07, 6.45) is -3.88. The van der Waals surface area contributed by atoms with E-state index in [1.165, 1.54) is 19.2 Å². The second-order valence-corrected chi connectivity index (χ2v) is 7.85. The van der Waals surface area contributed by atoms with Crippen LogP contribution in [0.2, 0.25) is 0 Å². The molecule has 0 saturated heterocycles. The number of aliphatic hydroxyl groups is 2. The van der Waals surface area contributed by atoms with Gasteiger partial charge in [-0.1, -0.05) is 12.1 Å². The summed E-state index contributed by atoms with van der Waals surface area (Å²) in [7, 11) is 1.43. The van der Waals surface area contributed by atoms with Crippen LogP contribution in [-0.2, 0) is 0 Å². The Bertz CT molecular complexity index is 1230. The molecule has 0 aromatic heterocycles. The Morgan fingerprint density at radius 1 is 0.765 bits per heavy atom. The van der Waals surface area contributed by atoms with Crippen LogP contribution in [0.4, 0.5) is 0 Å². The van der Waals surface area contributed by atoms with Gasteiger partial charge in [0.05, 0.1) is 13.7 Å². The minimum atomic E-state index is -1.45. The summed E-state index contributed by atoms with van der Waals surface area (Å²) in [6.45, 7) is -0.322. The number of hydrogen-bond acceptors (Lipinski definition) is 10. The number of benzene rings is 3. The van der Waals surface area contributed by atoms with E-state index in [1.807, 2.05) is 0 Å². The maximum Gasteiger partial charge on any atom is 0.239 e. The number of aliphatic hydroxyl groups excluding tert-OH is 2. The SMILES string of the molecule is COc1cc([C@H]2Oc3cc([C@@H]4Oc5cc(O)cc(O)c5O[C@H]4O)ccc3O[C@@H]2CO)ccc1O. The molecule has 2 aliphatic heterocycles. The van der Waals surface area contributed by atoms with Crippen molar-refractivity contribution >= 4 is 0 Å². The lowest BCUT2D eigenvalue weighted by atomic mass is 10.0. The molecule has 0 radical (unpaired) electrons. The first-order valence-corrected chi connectivity index (χ1v) is 10.4. The van der Waals surface area contributed by atoms with Gasteiger partial charge < -0.3 is 49.2 Å². The maximum absolute atomic E-state index is 10.5. The van der Waals surface area contributed by atoms with Gasteiger partial charge in [0, 0.05) is 23.3 Å². The van der Waals surface area contributed by atoms with E-state index in [0.29, 0.717) is 22.6 Å². The van der Waals surface area contributed by atoms with E-state index in [2.05, 4.69) is 0 Å². The summed E-state index contributed by atoms with van der Waals surface area (Å²) in [5.41, 5.74) is 1.09. The fourth-order valence-corrected chi connectivity index (χ4v) is 4.01. The minimum Gasteiger partial charge on any atom is -0.508 e. The summed E-state index contributed by atoms with van der Waals surface area (Å²) < 4.78 is 28.5. The topological polar surface area (TPSA) is 147 Å². The average molecular weight is 470 g/mol. The quantitative estimate of drug-likeness (QED) is 0.385. The van der Waals surface area contributed by atoms with Crippen LogP contribution in [0, 0.1) is 0 Å². The van der Waals surface area contributed by atoms with E-state index in [9.17, 15) is 25.5 Å². The predicted octanol–water partition coefficient (Wildman–Crippen LogP) is 2.52. The molecule has 3 aromatic rings. The largest absolute Gasteiger partial charge is 0.508 e. The van der Waals surface area contributed by atoms with Gasteiger partial charge in [-0.3, -0.25) is 0 Å². The fourth-order valence-electron chi connectivity index (χ4n) is 4.01. The predicted molar refractivity (Wildman–Crippen MR) is 116 cm³/mol. The zero-order chi connectivity index (χ0) is 24.0.